The van der Waals surface area contributed by atoms with E-state index in [2.05, 4.69) is 49.6 Å². The van der Waals surface area contributed by atoms with Crippen molar-refractivity contribution in [3.05, 3.63) is 58.6 Å². The van der Waals surface area contributed by atoms with E-state index in [-0.39, 0.29) is 18.3 Å². The third kappa shape index (κ3) is 5.57. The van der Waals surface area contributed by atoms with E-state index in [0.29, 0.717) is 25.4 Å². The lowest BCUT2D eigenvalue weighted by Gasteiger charge is -2.47. The SMILES string of the molecule is CC(C)(C)OC(=O)CC1(C(=O)NCc2nc3ccc(N4CC([N+](C)(C)C)C4)cc3s2)Cc2ccccc2C1. The smallest absolute Gasteiger partial charge is 0.307 e. The molecule has 0 spiro atoms. The molecule has 0 bridgehead atoms. The van der Waals surface area contributed by atoms with Gasteiger partial charge in [-0.25, -0.2) is 4.98 Å². The molecule has 8 heteroatoms. The maximum absolute atomic E-state index is 13.7. The first-order chi connectivity index (χ1) is 17.8. The molecule has 1 N–H and O–H groups in total. The fourth-order valence-electron chi connectivity index (χ4n) is 5.45. The Morgan fingerprint density at radius 3 is 2.37 bits per heavy atom. The number of aromatic nitrogens is 1. The number of hydrogen-bond acceptors (Lipinski definition) is 6. The molecular weight excluding hydrogens is 496 g/mol. The predicted octanol–water partition coefficient (Wildman–Crippen LogP) is 4.32. The van der Waals surface area contributed by atoms with Crippen molar-refractivity contribution in [1.82, 2.24) is 10.3 Å². The number of thiazole rings is 1. The molecule has 0 atom stereocenters. The normalized spacial score (nSPS) is 17.3. The molecule has 0 radical (unpaired) electrons. The molecule has 2 aliphatic rings. The van der Waals surface area contributed by atoms with Crippen LogP contribution in [0.1, 0.15) is 43.3 Å². The highest BCUT2D eigenvalue weighted by Crippen LogP contribution is 2.41. The zero-order chi connectivity index (χ0) is 27.3. The first-order valence-electron chi connectivity index (χ1n) is 13.3. The zero-order valence-electron chi connectivity index (χ0n) is 23.3. The number of hydrogen-bond donors (Lipinski definition) is 1. The number of quaternary nitrogens is 1. The van der Waals surface area contributed by atoms with E-state index >= 15 is 0 Å². The highest BCUT2D eigenvalue weighted by atomic mass is 32.1. The Kier molecular flexibility index (Phi) is 6.76. The van der Waals surface area contributed by atoms with Crippen molar-refractivity contribution in [3.8, 4) is 0 Å². The highest BCUT2D eigenvalue weighted by molar-refractivity contribution is 7.18. The lowest BCUT2D eigenvalue weighted by atomic mass is 9.80. The van der Waals surface area contributed by atoms with Gasteiger partial charge in [-0.15, -0.1) is 11.3 Å². The third-order valence-corrected chi connectivity index (χ3v) is 8.72. The number of benzene rings is 2. The molecule has 7 nitrogen and oxygen atoms in total. The van der Waals surface area contributed by atoms with E-state index in [1.807, 2.05) is 45.0 Å². The van der Waals surface area contributed by atoms with Crippen LogP contribution < -0.4 is 10.2 Å². The van der Waals surface area contributed by atoms with Gasteiger partial charge in [0.25, 0.3) is 0 Å². The molecule has 3 aromatic rings. The number of carbonyl (C=O) groups excluding carboxylic acids is 2. The number of likely N-dealkylation sites (N-methyl/N-ethyl adjacent to an activating group) is 1. The van der Waals surface area contributed by atoms with Crippen LogP contribution in [0.2, 0.25) is 0 Å². The van der Waals surface area contributed by atoms with Crippen LogP contribution in [-0.4, -0.2) is 67.2 Å². The van der Waals surface area contributed by atoms with Gasteiger partial charge >= 0.3 is 5.97 Å². The minimum atomic E-state index is -0.852. The van der Waals surface area contributed by atoms with Crippen molar-refractivity contribution in [2.75, 3.05) is 39.1 Å². The van der Waals surface area contributed by atoms with Gasteiger partial charge in [0.2, 0.25) is 5.91 Å². The summed E-state index contributed by atoms with van der Waals surface area (Å²) in [5.74, 6) is -0.460. The predicted molar refractivity (Wildman–Crippen MR) is 152 cm³/mol. The van der Waals surface area contributed by atoms with E-state index in [9.17, 15) is 9.59 Å². The van der Waals surface area contributed by atoms with Crippen LogP contribution in [0.5, 0.6) is 0 Å². The summed E-state index contributed by atoms with van der Waals surface area (Å²) in [5.41, 5.74) is 2.97. The van der Waals surface area contributed by atoms with Gasteiger partial charge in [-0.05, 0) is 62.9 Å². The fraction of sp³-hybridized carbons (Fsp3) is 0.500. The largest absolute Gasteiger partial charge is 0.460 e. The number of amides is 1. The number of rotatable bonds is 7. The summed E-state index contributed by atoms with van der Waals surface area (Å²) in [5, 5.41) is 3.98. The van der Waals surface area contributed by atoms with Gasteiger partial charge < -0.3 is 19.4 Å². The monoisotopic (exact) mass is 535 g/mol. The average molecular weight is 536 g/mol. The van der Waals surface area contributed by atoms with Crippen molar-refractivity contribution < 1.29 is 18.8 Å². The van der Waals surface area contributed by atoms with Gasteiger partial charge in [0.15, 0.2) is 0 Å². The number of anilines is 1. The van der Waals surface area contributed by atoms with Crippen LogP contribution in [-0.2, 0) is 33.7 Å². The van der Waals surface area contributed by atoms with Crippen molar-refractivity contribution >= 4 is 39.1 Å². The van der Waals surface area contributed by atoms with Gasteiger partial charge in [0.05, 0.1) is 62.8 Å². The average Bonchev–Trinajstić information content (AvgIpc) is 3.34. The molecule has 1 saturated heterocycles. The minimum Gasteiger partial charge on any atom is -0.460 e. The van der Waals surface area contributed by atoms with Gasteiger partial charge in [-0.2, -0.15) is 0 Å². The molecule has 202 valence electrons. The second-order valence-corrected chi connectivity index (χ2v) is 13.9. The number of fused-ring (bicyclic) bond motifs is 2. The maximum atomic E-state index is 13.7. The van der Waals surface area contributed by atoms with Gasteiger partial charge in [-0.3, -0.25) is 9.59 Å². The van der Waals surface area contributed by atoms with Crippen LogP contribution in [0, 0.1) is 5.41 Å². The molecular formula is C30H39N4O3S+. The molecule has 1 aromatic heterocycles. The Hall–Kier alpha value is -2.97. The molecule has 5 rings (SSSR count). The van der Waals surface area contributed by atoms with E-state index < -0.39 is 11.0 Å². The Morgan fingerprint density at radius 2 is 1.76 bits per heavy atom. The summed E-state index contributed by atoms with van der Waals surface area (Å²) in [6, 6.07) is 15.1. The summed E-state index contributed by atoms with van der Waals surface area (Å²) in [4.78, 5) is 33.7. The number of ether oxygens (including phenoxy) is 1. The summed E-state index contributed by atoms with van der Waals surface area (Å²) >= 11 is 1.61. The molecule has 0 unspecified atom stereocenters. The number of nitrogens with one attached hydrogen (secondary N) is 1. The van der Waals surface area contributed by atoms with Crippen LogP contribution in [0.15, 0.2) is 42.5 Å². The molecule has 1 aliphatic carbocycles. The summed E-state index contributed by atoms with van der Waals surface area (Å²) < 4.78 is 7.71. The van der Waals surface area contributed by atoms with Gasteiger partial charge in [-0.1, -0.05) is 24.3 Å². The van der Waals surface area contributed by atoms with Crippen LogP contribution in [0.25, 0.3) is 10.2 Å². The molecule has 1 fully saturated rings. The van der Waals surface area contributed by atoms with Crippen molar-refractivity contribution in [2.24, 2.45) is 5.41 Å². The Balaban J connectivity index is 1.28. The van der Waals surface area contributed by atoms with Gasteiger partial charge in [0, 0.05) is 5.69 Å². The molecule has 0 saturated carbocycles. The standard InChI is InChI=1S/C30H38N4O3S/c1-29(2,3)37-27(35)16-30(14-20-9-7-8-10-21(20)15-30)28(36)31-17-26-32-24-12-11-22(13-25(24)38-26)33-18-23(19-33)34(4,5)6/h7-13,23H,14-19H2,1-6H3/p+1. The van der Waals surface area contributed by atoms with E-state index in [1.54, 1.807) is 11.3 Å². The molecule has 38 heavy (non-hydrogen) atoms. The molecule has 1 aliphatic heterocycles. The quantitative estimate of drug-likeness (QED) is 0.360. The second kappa shape index (κ2) is 9.65. The number of esters is 1. The Labute approximate surface area is 229 Å². The fourth-order valence-corrected chi connectivity index (χ4v) is 6.39. The topological polar surface area (TPSA) is 71.5 Å². The lowest BCUT2D eigenvalue weighted by molar-refractivity contribution is -0.896. The first-order valence-corrected chi connectivity index (χ1v) is 14.2. The zero-order valence-corrected chi connectivity index (χ0v) is 24.2. The van der Waals surface area contributed by atoms with E-state index in [1.165, 1.54) is 5.69 Å². The summed E-state index contributed by atoms with van der Waals surface area (Å²) in [6.07, 6.45) is 1.11. The second-order valence-electron chi connectivity index (χ2n) is 12.8. The maximum Gasteiger partial charge on any atom is 0.307 e. The number of carbonyl (C=O) groups is 2. The van der Waals surface area contributed by atoms with Crippen LogP contribution >= 0.6 is 11.3 Å². The highest BCUT2D eigenvalue weighted by Gasteiger charge is 2.46. The van der Waals surface area contributed by atoms with Crippen molar-refractivity contribution in [3.63, 3.8) is 0 Å². The van der Waals surface area contributed by atoms with Crippen molar-refractivity contribution in [1.29, 1.82) is 0 Å². The van der Waals surface area contributed by atoms with Crippen LogP contribution in [0.3, 0.4) is 0 Å². The Bertz CT molecular complexity index is 1340. The Morgan fingerprint density at radius 1 is 1.11 bits per heavy atom. The number of nitrogens with zero attached hydrogens (tertiary/aromatic N) is 3. The molecule has 2 heterocycles. The van der Waals surface area contributed by atoms with E-state index in [4.69, 9.17) is 9.72 Å². The first kappa shape index (κ1) is 26.6. The summed E-state index contributed by atoms with van der Waals surface area (Å²) in [6.45, 7) is 8.00. The molecule has 2 aromatic carbocycles. The summed E-state index contributed by atoms with van der Waals surface area (Å²) in [7, 11) is 6.74. The van der Waals surface area contributed by atoms with Gasteiger partial charge in [0.1, 0.15) is 16.7 Å². The van der Waals surface area contributed by atoms with E-state index in [0.717, 1.165) is 43.9 Å². The minimum absolute atomic E-state index is 0.0537. The van der Waals surface area contributed by atoms with Crippen LogP contribution in [0.4, 0.5) is 5.69 Å². The van der Waals surface area contributed by atoms with Crippen molar-refractivity contribution in [2.45, 2.75) is 58.2 Å². The lowest BCUT2D eigenvalue weighted by Crippen LogP contribution is -2.64. The third-order valence-electron chi connectivity index (χ3n) is 7.70. The molecule has 1 amide bonds.